The lowest BCUT2D eigenvalue weighted by Crippen LogP contribution is -2.50. The number of benzene rings is 1. The largest absolute Gasteiger partial charge is 0.465 e. The number of hydrogen-bond donors (Lipinski definition) is 4. The number of hydrogen-bond acceptors (Lipinski definition) is 5. The molecule has 1 atom stereocenters. The highest BCUT2D eigenvalue weighted by atomic mass is 32.1. The van der Waals surface area contributed by atoms with E-state index in [1.54, 1.807) is 27.6 Å². The highest BCUT2D eigenvalue weighted by Gasteiger charge is 2.26. The number of thiophene rings is 2. The number of nitrogens with zero attached hydrogens (tertiary/aromatic N) is 1. The summed E-state index contributed by atoms with van der Waals surface area (Å²) in [4.78, 5) is 40.9. The second-order valence-corrected chi connectivity index (χ2v) is 10.0. The summed E-state index contributed by atoms with van der Waals surface area (Å²) in [5.41, 5.74) is 0.960. The minimum Gasteiger partial charge on any atom is -0.465 e. The molecule has 0 saturated carbocycles. The fourth-order valence-corrected chi connectivity index (χ4v) is 4.97. The molecule has 10 heteroatoms. The molecule has 0 fully saturated rings. The van der Waals surface area contributed by atoms with Gasteiger partial charge in [0.2, 0.25) is 5.91 Å². The molecule has 35 heavy (non-hydrogen) atoms. The molecule has 1 aromatic carbocycles. The number of rotatable bonds is 13. The predicted octanol–water partition coefficient (Wildman–Crippen LogP) is 4.64. The van der Waals surface area contributed by atoms with Crippen molar-refractivity contribution >= 4 is 40.7 Å². The number of carbonyl (C=O) groups excluding carboxylic acids is 2. The molecule has 0 aliphatic heterocycles. The number of nitrogens with one attached hydrogen (secondary N) is 3. The second kappa shape index (κ2) is 14.1. The first kappa shape index (κ1) is 26.2. The van der Waals surface area contributed by atoms with Crippen LogP contribution in [0.4, 0.5) is 9.59 Å². The molecular formula is C25H30N4O4S2. The minimum atomic E-state index is -1.07. The number of urea groups is 1. The van der Waals surface area contributed by atoms with E-state index in [-0.39, 0.29) is 5.91 Å². The van der Waals surface area contributed by atoms with Crippen LogP contribution in [0.25, 0.3) is 0 Å². The molecule has 0 aliphatic rings. The Labute approximate surface area is 213 Å². The van der Waals surface area contributed by atoms with E-state index in [1.807, 2.05) is 65.4 Å². The Morgan fingerprint density at radius 3 is 2.09 bits per heavy atom. The second-order valence-electron chi connectivity index (χ2n) is 7.95. The van der Waals surface area contributed by atoms with Crippen molar-refractivity contribution in [2.75, 3.05) is 6.54 Å². The van der Waals surface area contributed by atoms with Crippen LogP contribution >= 0.6 is 22.7 Å². The van der Waals surface area contributed by atoms with Crippen LogP contribution < -0.4 is 16.0 Å². The summed E-state index contributed by atoms with van der Waals surface area (Å²) in [5, 5.41) is 20.7. The Bertz CT molecular complexity index is 1010. The van der Waals surface area contributed by atoms with Crippen LogP contribution in [0.5, 0.6) is 0 Å². The molecule has 0 aliphatic carbocycles. The van der Waals surface area contributed by atoms with Gasteiger partial charge in [-0.1, -0.05) is 42.5 Å². The van der Waals surface area contributed by atoms with E-state index >= 15 is 0 Å². The zero-order valence-electron chi connectivity index (χ0n) is 19.3. The van der Waals surface area contributed by atoms with Gasteiger partial charge in [-0.15, -0.1) is 22.7 Å². The lowest BCUT2D eigenvalue weighted by atomic mass is 10.1. The van der Waals surface area contributed by atoms with Crippen molar-refractivity contribution in [3.8, 4) is 0 Å². The molecule has 0 saturated heterocycles. The monoisotopic (exact) mass is 514 g/mol. The van der Waals surface area contributed by atoms with E-state index in [0.29, 0.717) is 45.4 Å². The maximum atomic E-state index is 13.7. The van der Waals surface area contributed by atoms with Crippen LogP contribution in [0.15, 0.2) is 65.4 Å². The Hall–Kier alpha value is -3.37. The smallest absolute Gasteiger partial charge is 0.404 e. The van der Waals surface area contributed by atoms with E-state index in [2.05, 4.69) is 16.0 Å². The van der Waals surface area contributed by atoms with Gasteiger partial charge in [-0.05, 0) is 47.7 Å². The SMILES string of the molecule is O=C(O)NCCCC[C@H](NC(=O)NCc1ccccc1)C(=O)N(Cc1cccs1)Cc1cccs1. The summed E-state index contributed by atoms with van der Waals surface area (Å²) in [5.74, 6) is -0.159. The number of amides is 4. The highest BCUT2D eigenvalue weighted by molar-refractivity contribution is 7.10. The van der Waals surface area contributed by atoms with E-state index in [0.717, 1.165) is 15.3 Å². The van der Waals surface area contributed by atoms with Crippen molar-refractivity contribution in [2.45, 2.75) is 44.9 Å². The van der Waals surface area contributed by atoms with E-state index in [9.17, 15) is 14.4 Å². The van der Waals surface area contributed by atoms with Gasteiger partial charge in [0.1, 0.15) is 6.04 Å². The first-order valence-corrected chi connectivity index (χ1v) is 13.2. The number of unbranched alkanes of at least 4 members (excludes halogenated alkanes) is 1. The molecule has 3 aromatic rings. The Morgan fingerprint density at radius 2 is 1.51 bits per heavy atom. The average Bonchev–Trinajstić information content (AvgIpc) is 3.56. The van der Waals surface area contributed by atoms with E-state index < -0.39 is 18.2 Å². The van der Waals surface area contributed by atoms with Gasteiger partial charge in [0.25, 0.3) is 0 Å². The maximum absolute atomic E-state index is 13.7. The van der Waals surface area contributed by atoms with Crippen molar-refractivity contribution in [3.63, 3.8) is 0 Å². The summed E-state index contributed by atoms with van der Waals surface area (Å²) in [6.07, 6.45) is 0.486. The molecule has 2 aromatic heterocycles. The van der Waals surface area contributed by atoms with Gasteiger partial charge in [0, 0.05) is 22.8 Å². The van der Waals surface area contributed by atoms with Crippen molar-refractivity contribution in [3.05, 3.63) is 80.7 Å². The Morgan fingerprint density at radius 1 is 0.857 bits per heavy atom. The van der Waals surface area contributed by atoms with Gasteiger partial charge in [0.05, 0.1) is 13.1 Å². The molecule has 0 spiro atoms. The average molecular weight is 515 g/mol. The van der Waals surface area contributed by atoms with Gasteiger partial charge in [-0.3, -0.25) is 4.79 Å². The van der Waals surface area contributed by atoms with Crippen molar-refractivity contribution in [2.24, 2.45) is 0 Å². The maximum Gasteiger partial charge on any atom is 0.404 e. The lowest BCUT2D eigenvalue weighted by Gasteiger charge is -2.27. The molecule has 0 bridgehead atoms. The zero-order valence-corrected chi connectivity index (χ0v) is 20.9. The van der Waals surface area contributed by atoms with Gasteiger partial charge < -0.3 is 26.0 Å². The molecule has 2 heterocycles. The summed E-state index contributed by atoms with van der Waals surface area (Å²) in [7, 11) is 0. The summed E-state index contributed by atoms with van der Waals surface area (Å²) < 4.78 is 0. The molecule has 4 N–H and O–H groups in total. The fraction of sp³-hybridized carbons (Fsp3) is 0.320. The van der Waals surface area contributed by atoms with Crippen molar-refractivity contribution in [1.29, 1.82) is 0 Å². The fourth-order valence-electron chi connectivity index (χ4n) is 3.53. The van der Waals surface area contributed by atoms with E-state index in [4.69, 9.17) is 5.11 Å². The lowest BCUT2D eigenvalue weighted by molar-refractivity contribution is -0.134. The molecule has 3 rings (SSSR count). The third-order valence-electron chi connectivity index (χ3n) is 5.26. The molecule has 186 valence electrons. The van der Waals surface area contributed by atoms with Gasteiger partial charge in [0.15, 0.2) is 0 Å². The number of carbonyl (C=O) groups is 3. The molecular weight excluding hydrogens is 484 g/mol. The van der Waals surface area contributed by atoms with Gasteiger partial charge >= 0.3 is 12.1 Å². The first-order chi connectivity index (χ1) is 17.0. The third-order valence-corrected chi connectivity index (χ3v) is 6.98. The normalized spacial score (nSPS) is 11.4. The molecule has 0 radical (unpaired) electrons. The van der Waals surface area contributed by atoms with Crippen LogP contribution in [0.3, 0.4) is 0 Å². The van der Waals surface area contributed by atoms with Crippen LogP contribution in [-0.2, 0) is 24.4 Å². The quantitative estimate of drug-likeness (QED) is 0.249. The Balaban J connectivity index is 1.67. The summed E-state index contributed by atoms with van der Waals surface area (Å²) in [6.45, 7) is 1.56. The van der Waals surface area contributed by atoms with Crippen molar-refractivity contribution < 1.29 is 19.5 Å². The summed E-state index contributed by atoms with van der Waals surface area (Å²) >= 11 is 3.17. The van der Waals surface area contributed by atoms with Gasteiger partial charge in [-0.25, -0.2) is 9.59 Å². The molecule has 0 unspecified atom stereocenters. The molecule has 8 nitrogen and oxygen atoms in total. The number of carboxylic acid groups (broad SMARTS) is 1. The molecule has 4 amide bonds. The van der Waals surface area contributed by atoms with Crippen LogP contribution in [-0.4, -0.2) is 40.6 Å². The first-order valence-electron chi connectivity index (χ1n) is 11.4. The highest BCUT2D eigenvalue weighted by Crippen LogP contribution is 2.19. The third kappa shape index (κ3) is 9.42. The van der Waals surface area contributed by atoms with Crippen molar-refractivity contribution in [1.82, 2.24) is 20.9 Å². The van der Waals surface area contributed by atoms with Gasteiger partial charge in [-0.2, -0.15) is 0 Å². The topological polar surface area (TPSA) is 111 Å². The Kier molecular flexibility index (Phi) is 10.6. The summed E-state index contributed by atoms with van der Waals surface area (Å²) in [6, 6.07) is 16.3. The van der Waals surface area contributed by atoms with Crippen LogP contribution in [0.2, 0.25) is 0 Å². The predicted molar refractivity (Wildman–Crippen MR) is 138 cm³/mol. The zero-order chi connectivity index (χ0) is 24.9. The van der Waals surface area contributed by atoms with Crippen LogP contribution in [0, 0.1) is 0 Å². The minimum absolute atomic E-state index is 0.159. The van der Waals surface area contributed by atoms with E-state index in [1.165, 1.54) is 0 Å². The van der Waals surface area contributed by atoms with Crippen LogP contribution in [0.1, 0.15) is 34.6 Å². The standard InChI is InChI=1S/C25H30N4O4S2/c30-23(29(17-20-10-6-14-34-20)18-21-11-7-15-35-21)22(12-4-5-13-26-25(32)33)28-24(31)27-16-19-8-2-1-3-9-19/h1-3,6-11,14-15,22,26H,4-5,12-13,16-18H2,(H,32,33)(H2,27,28,31)/t22-/m0/s1.